The van der Waals surface area contributed by atoms with E-state index in [0.717, 1.165) is 43.3 Å². The van der Waals surface area contributed by atoms with Gasteiger partial charge in [-0.2, -0.15) is 0 Å². The maximum Gasteiger partial charge on any atom is 0.0762 e. The first-order chi connectivity index (χ1) is 8.83. The molecule has 2 rings (SSSR count). The van der Waals surface area contributed by atoms with Gasteiger partial charge in [-0.1, -0.05) is 18.5 Å². The second-order valence-corrected chi connectivity index (χ2v) is 5.19. The summed E-state index contributed by atoms with van der Waals surface area (Å²) in [5.74, 6) is 0.470. The van der Waals surface area contributed by atoms with Crippen molar-refractivity contribution in [1.29, 1.82) is 0 Å². The van der Waals surface area contributed by atoms with Crippen molar-refractivity contribution in [1.82, 2.24) is 10.3 Å². The Labute approximate surface area is 114 Å². The van der Waals surface area contributed by atoms with Gasteiger partial charge in [-0.15, -0.1) is 0 Å². The summed E-state index contributed by atoms with van der Waals surface area (Å²) in [5, 5.41) is 4.32. The number of hydrogen-bond acceptors (Lipinski definition) is 3. The Morgan fingerprint density at radius 3 is 3.17 bits per heavy atom. The highest BCUT2D eigenvalue weighted by atomic mass is 35.5. The molecule has 0 radical (unpaired) electrons. The molecule has 0 aliphatic carbocycles. The Balaban J connectivity index is 2.15. The van der Waals surface area contributed by atoms with Crippen molar-refractivity contribution >= 4 is 11.6 Å². The van der Waals surface area contributed by atoms with Crippen molar-refractivity contribution in [2.75, 3.05) is 19.8 Å². The molecule has 1 aromatic heterocycles. The summed E-state index contributed by atoms with van der Waals surface area (Å²) in [5.41, 5.74) is 0.961. The SMILES string of the molecule is CCCNC(c1ncccc1Cl)C1CCCOC1. The molecular formula is C14H21ClN2O. The number of hydrogen-bond donors (Lipinski definition) is 1. The van der Waals surface area contributed by atoms with E-state index in [0.29, 0.717) is 5.92 Å². The minimum atomic E-state index is 0.207. The van der Waals surface area contributed by atoms with Gasteiger partial charge in [0.05, 0.1) is 23.4 Å². The van der Waals surface area contributed by atoms with Crippen LogP contribution in [-0.2, 0) is 4.74 Å². The van der Waals surface area contributed by atoms with Gasteiger partial charge in [-0.05, 0) is 37.9 Å². The molecule has 1 aliphatic heterocycles. The number of ether oxygens (including phenoxy) is 1. The van der Waals surface area contributed by atoms with Crippen molar-refractivity contribution in [3.05, 3.63) is 29.0 Å². The van der Waals surface area contributed by atoms with Crippen LogP contribution in [0.5, 0.6) is 0 Å². The zero-order valence-corrected chi connectivity index (χ0v) is 11.6. The molecule has 0 aromatic carbocycles. The monoisotopic (exact) mass is 268 g/mol. The molecule has 1 fully saturated rings. The Morgan fingerprint density at radius 1 is 1.61 bits per heavy atom. The molecule has 3 nitrogen and oxygen atoms in total. The fourth-order valence-corrected chi connectivity index (χ4v) is 2.68. The van der Waals surface area contributed by atoms with E-state index in [4.69, 9.17) is 16.3 Å². The summed E-state index contributed by atoms with van der Waals surface area (Å²) >= 11 is 6.27. The predicted octanol–water partition coefficient (Wildman–Crippen LogP) is 3.20. The third kappa shape index (κ3) is 3.44. The van der Waals surface area contributed by atoms with Gasteiger partial charge < -0.3 is 10.1 Å². The zero-order chi connectivity index (χ0) is 12.8. The van der Waals surface area contributed by atoms with Gasteiger partial charge in [-0.3, -0.25) is 4.98 Å². The van der Waals surface area contributed by atoms with E-state index < -0.39 is 0 Å². The van der Waals surface area contributed by atoms with Crippen LogP contribution >= 0.6 is 11.6 Å². The summed E-state index contributed by atoms with van der Waals surface area (Å²) in [6, 6.07) is 3.99. The Hall–Kier alpha value is -0.640. The molecule has 0 amide bonds. The van der Waals surface area contributed by atoms with Gasteiger partial charge in [0, 0.05) is 18.7 Å². The molecule has 2 heterocycles. The third-order valence-corrected chi connectivity index (χ3v) is 3.68. The number of rotatable bonds is 5. The number of nitrogens with one attached hydrogen (secondary N) is 1. The average molecular weight is 269 g/mol. The van der Waals surface area contributed by atoms with Gasteiger partial charge in [0.1, 0.15) is 0 Å². The fourth-order valence-electron chi connectivity index (χ4n) is 2.44. The molecule has 4 heteroatoms. The topological polar surface area (TPSA) is 34.2 Å². The normalized spacial score (nSPS) is 21.8. The van der Waals surface area contributed by atoms with Crippen molar-refractivity contribution in [2.45, 2.75) is 32.2 Å². The van der Waals surface area contributed by atoms with Crippen LogP contribution in [-0.4, -0.2) is 24.7 Å². The summed E-state index contributed by atoms with van der Waals surface area (Å²) in [4.78, 5) is 4.46. The van der Waals surface area contributed by atoms with E-state index in [1.807, 2.05) is 18.3 Å². The minimum Gasteiger partial charge on any atom is -0.381 e. The van der Waals surface area contributed by atoms with Crippen LogP contribution in [0.2, 0.25) is 5.02 Å². The lowest BCUT2D eigenvalue weighted by atomic mass is 9.91. The largest absolute Gasteiger partial charge is 0.381 e. The number of halogens is 1. The first kappa shape index (κ1) is 13.8. The minimum absolute atomic E-state index is 0.207. The van der Waals surface area contributed by atoms with Crippen LogP contribution in [0, 0.1) is 5.92 Å². The molecule has 0 bridgehead atoms. The maximum absolute atomic E-state index is 6.27. The molecule has 2 unspecified atom stereocenters. The van der Waals surface area contributed by atoms with Crippen LogP contribution in [0.4, 0.5) is 0 Å². The Bertz CT molecular complexity index is 367. The quantitative estimate of drug-likeness (QED) is 0.891. The number of nitrogens with zero attached hydrogens (tertiary/aromatic N) is 1. The fraction of sp³-hybridized carbons (Fsp3) is 0.643. The highest BCUT2D eigenvalue weighted by Gasteiger charge is 2.27. The standard InChI is InChI=1S/C14H21ClN2O/c1-2-7-16-13(11-5-4-9-18-10-11)14-12(15)6-3-8-17-14/h3,6,8,11,13,16H,2,4-5,7,9-10H2,1H3. The van der Waals surface area contributed by atoms with Crippen LogP contribution in [0.1, 0.15) is 37.9 Å². The molecule has 1 saturated heterocycles. The lowest BCUT2D eigenvalue weighted by Crippen LogP contribution is -2.34. The number of pyridine rings is 1. The lowest BCUT2D eigenvalue weighted by molar-refractivity contribution is 0.0384. The van der Waals surface area contributed by atoms with Crippen LogP contribution < -0.4 is 5.32 Å². The summed E-state index contributed by atoms with van der Waals surface area (Å²) in [6.45, 7) is 4.83. The average Bonchev–Trinajstić information content (AvgIpc) is 2.42. The predicted molar refractivity (Wildman–Crippen MR) is 73.8 cm³/mol. The van der Waals surface area contributed by atoms with Crippen molar-refractivity contribution in [2.24, 2.45) is 5.92 Å². The van der Waals surface area contributed by atoms with E-state index in [2.05, 4.69) is 17.2 Å². The molecule has 1 aliphatic rings. The summed E-state index contributed by atoms with van der Waals surface area (Å²) in [7, 11) is 0. The first-order valence-corrected chi connectivity index (χ1v) is 7.12. The third-order valence-electron chi connectivity index (χ3n) is 3.36. The van der Waals surface area contributed by atoms with Crippen molar-refractivity contribution in [3.63, 3.8) is 0 Å². The van der Waals surface area contributed by atoms with Crippen molar-refractivity contribution in [3.8, 4) is 0 Å². The van der Waals surface area contributed by atoms with Crippen molar-refractivity contribution < 1.29 is 4.74 Å². The van der Waals surface area contributed by atoms with Gasteiger partial charge in [-0.25, -0.2) is 0 Å². The molecule has 2 atom stereocenters. The van der Waals surface area contributed by atoms with Gasteiger partial charge in [0.15, 0.2) is 0 Å². The van der Waals surface area contributed by atoms with E-state index in [1.165, 1.54) is 6.42 Å². The second kappa shape index (κ2) is 7.07. The second-order valence-electron chi connectivity index (χ2n) is 4.78. The summed E-state index contributed by atoms with van der Waals surface area (Å²) in [6.07, 6.45) is 5.22. The number of aromatic nitrogens is 1. The summed E-state index contributed by atoms with van der Waals surface area (Å²) < 4.78 is 5.59. The van der Waals surface area contributed by atoms with Crippen LogP contribution in [0.25, 0.3) is 0 Å². The van der Waals surface area contributed by atoms with E-state index in [9.17, 15) is 0 Å². The highest BCUT2D eigenvalue weighted by molar-refractivity contribution is 6.31. The van der Waals surface area contributed by atoms with E-state index >= 15 is 0 Å². The first-order valence-electron chi connectivity index (χ1n) is 6.74. The van der Waals surface area contributed by atoms with Gasteiger partial charge >= 0.3 is 0 Å². The van der Waals surface area contributed by atoms with Crippen LogP contribution in [0.3, 0.4) is 0 Å². The molecule has 18 heavy (non-hydrogen) atoms. The molecule has 0 spiro atoms. The Kier molecular flexibility index (Phi) is 5.42. The van der Waals surface area contributed by atoms with E-state index in [-0.39, 0.29) is 6.04 Å². The Morgan fingerprint density at radius 2 is 2.50 bits per heavy atom. The maximum atomic E-state index is 6.27. The van der Waals surface area contributed by atoms with Gasteiger partial charge in [0.2, 0.25) is 0 Å². The molecule has 1 aromatic rings. The van der Waals surface area contributed by atoms with E-state index in [1.54, 1.807) is 0 Å². The van der Waals surface area contributed by atoms with Crippen LogP contribution in [0.15, 0.2) is 18.3 Å². The lowest BCUT2D eigenvalue weighted by Gasteiger charge is -2.31. The smallest absolute Gasteiger partial charge is 0.0762 e. The molecule has 0 saturated carbocycles. The highest BCUT2D eigenvalue weighted by Crippen LogP contribution is 2.31. The molecule has 100 valence electrons. The molecular weight excluding hydrogens is 248 g/mol. The van der Waals surface area contributed by atoms with Gasteiger partial charge in [0.25, 0.3) is 0 Å². The molecule has 1 N–H and O–H groups in total. The zero-order valence-electron chi connectivity index (χ0n) is 10.9.